The topological polar surface area (TPSA) is 29.5 Å². The molecular formula is C20H30ClNO2. The molecule has 0 aromatic heterocycles. The number of rotatable bonds is 6. The fraction of sp³-hybridized carbons (Fsp3) is 0.650. The number of ether oxygens (including phenoxy) is 1. The van der Waals surface area contributed by atoms with Crippen molar-refractivity contribution in [2.45, 2.75) is 63.9 Å². The Hall–Kier alpha value is -1.06. The number of nitrogens with zero attached hydrogens (tertiary/aromatic N) is 1. The lowest BCUT2D eigenvalue weighted by Gasteiger charge is -2.43. The van der Waals surface area contributed by atoms with Crippen LogP contribution in [0.2, 0.25) is 0 Å². The molecule has 0 atom stereocenters. The highest BCUT2D eigenvalue weighted by Crippen LogP contribution is 2.36. The first-order chi connectivity index (χ1) is 11.2. The first-order valence-corrected chi connectivity index (χ1v) is 9.26. The molecule has 1 spiro atoms. The zero-order valence-corrected chi connectivity index (χ0v) is 15.6. The Labute approximate surface area is 152 Å². The van der Waals surface area contributed by atoms with Gasteiger partial charge in [-0.15, -0.1) is 12.4 Å². The number of piperidine rings is 1. The van der Waals surface area contributed by atoms with Crippen molar-refractivity contribution in [3.05, 3.63) is 35.4 Å². The predicted octanol–water partition coefficient (Wildman–Crippen LogP) is 4.63. The van der Waals surface area contributed by atoms with Crippen molar-refractivity contribution in [3.63, 3.8) is 0 Å². The molecule has 1 aromatic rings. The standard InChI is InChI=1S/C20H29NO2.ClH/c1-2-3-4-5-8-13-21-14-11-20(12-15-21)16-17-9-6-7-10-18(17)19(22)23-20;/h6-7,9-10H,2-5,8,11-16H2,1H3;1H. The highest BCUT2D eigenvalue weighted by atomic mass is 35.5. The highest BCUT2D eigenvalue weighted by Gasteiger charge is 2.42. The average Bonchev–Trinajstić information content (AvgIpc) is 2.56. The lowest BCUT2D eigenvalue weighted by atomic mass is 9.81. The van der Waals surface area contributed by atoms with Gasteiger partial charge in [-0.2, -0.15) is 0 Å². The predicted molar refractivity (Wildman–Crippen MR) is 100.0 cm³/mol. The third kappa shape index (κ3) is 4.52. The molecule has 0 saturated carbocycles. The van der Waals surface area contributed by atoms with Gasteiger partial charge in [0.1, 0.15) is 5.60 Å². The van der Waals surface area contributed by atoms with Crippen molar-refractivity contribution in [1.82, 2.24) is 4.90 Å². The Morgan fingerprint density at radius 3 is 2.54 bits per heavy atom. The van der Waals surface area contributed by atoms with E-state index in [0.717, 1.165) is 43.5 Å². The highest BCUT2D eigenvalue weighted by molar-refractivity contribution is 5.92. The summed E-state index contributed by atoms with van der Waals surface area (Å²) in [5, 5.41) is 0. The van der Waals surface area contributed by atoms with Gasteiger partial charge in [0.15, 0.2) is 0 Å². The van der Waals surface area contributed by atoms with Gasteiger partial charge in [-0.05, 0) is 24.6 Å². The van der Waals surface area contributed by atoms with Crippen LogP contribution in [0.3, 0.4) is 0 Å². The quantitative estimate of drug-likeness (QED) is 0.553. The molecule has 0 aliphatic carbocycles. The summed E-state index contributed by atoms with van der Waals surface area (Å²) in [4.78, 5) is 14.8. The van der Waals surface area contributed by atoms with Gasteiger partial charge in [-0.1, -0.05) is 50.8 Å². The molecule has 0 N–H and O–H groups in total. The van der Waals surface area contributed by atoms with Crippen molar-refractivity contribution >= 4 is 18.4 Å². The van der Waals surface area contributed by atoms with Crippen LogP contribution in [0.15, 0.2) is 24.3 Å². The lowest BCUT2D eigenvalue weighted by molar-refractivity contribution is -0.0566. The molecule has 0 amide bonds. The first-order valence-electron chi connectivity index (χ1n) is 9.26. The number of esters is 1. The van der Waals surface area contributed by atoms with E-state index in [1.54, 1.807) is 0 Å². The molecule has 2 aliphatic heterocycles. The minimum absolute atomic E-state index is 0. The second kappa shape index (κ2) is 8.87. The number of hydrogen-bond donors (Lipinski definition) is 0. The lowest BCUT2D eigenvalue weighted by Crippen LogP contribution is -2.50. The molecule has 2 heterocycles. The minimum atomic E-state index is -0.246. The van der Waals surface area contributed by atoms with Crippen LogP contribution in [0.5, 0.6) is 0 Å². The summed E-state index contributed by atoms with van der Waals surface area (Å²) in [7, 11) is 0. The molecule has 4 heteroatoms. The number of fused-ring (bicyclic) bond motifs is 1. The van der Waals surface area contributed by atoms with Gasteiger partial charge in [0.05, 0.1) is 5.56 Å². The normalized spacial score (nSPS) is 19.5. The SMILES string of the molecule is CCCCCCCN1CCC2(CC1)Cc1ccccc1C(=O)O2.Cl. The van der Waals surface area contributed by atoms with Gasteiger partial charge < -0.3 is 9.64 Å². The largest absolute Gasteiger partial charge is 0.455 e. The summed E-state index contributed by atoms with van der Waals surface area (Å²) in [6.07, 6.45) is 9.51. The number of halogens is 1. The molecule has 0 unspecified atom stereocenters. The molecule has 3 rings (SSSR count). The van der Waals surface area contributed by atoms with Crippen LogP contribution in [0.1, 0.15) is 67.8 Å². The summed E-state index contributed by atoms with van der Waals surface area (Å²) in [5.74, 6) is -0.125. The van der Waals surface area contributed by atoms with E-state index in [0.29, 0.717) is 0 Å². The van der Waals surface area contributed by atoms with Gasteiger partial charge in [-0.25, -0.2) is 4.79 Å². The number of unbranched alkanes of at least 4 members (excludes halogenated alkanes) is 4. The van der Waals surface area contributed by atoms with Gasteiger partial charge in [-0.3, -0.25) is 0 Å². The number of carbonyl (C=O) groups excluding carboxylic acids is 1. The molecule has 134 valence electrons. The summed E-state index contributed by atoms with van der Waals surface area (Å²) in [6.45, 7) is 5.57. The molecule has 1 fully saturated rings. The van der Waals surface area contributed by atoms with E-state index >= 15 is 0 Å². The molecule has 1 aromatic carbocycles. The molecule has 1 saturated heterocycles. The monoisotopic (exact) mass is 351 g/mol. The van der Waals surface area contributed by atoms with Crippen molar-refractivity contribution in [1.29, 1.82) is 0 Å². The zero-order valence-electron chi connectivity index (χ0n) is 14.8. The summed E-state index contributed by atoms with van der Waals surface area (Å²) in [5.41, 5.74) is 1.68. The second-order valence-electron chi connectivity index (χ2n) is 7.16. The van der Waals surface area contributed by atoms with E-state index in [2.05, 4.69) is 17.9 Å². The van der Waals surface area contributed by atoms with E-state index in [1.807, 2.05) is 18.2 Å². The van der Waals surface area contributed by atoms with Crippen molar-refractivity contribution < 1.29 is 9.53 Å². The average molecular weight is 352 g/mol. The van der Waals surface area contributed by atoms with Crippen molar-refractivity contribution in [3.8, 4) is 0 Å². The van der Waals surface area contributed by atoms with Gasteiger partial charge in [0.2, 0.25) is 0 Å². The smallest absolute Gasteiger partial charge is 0.338 e. The molecule has 0 radical (unpaired) electrons. The third-order valence-corrected chi connectivity index (χ3v) is 5.40. The van der Waals surface area contributed by atoms with Crippen molar-refractivity contribution in [2.75, 3.05) is 19.6 Å². The molecular weight excluding hydrogens is 322 g/mol. The van der Waals surface area contributed by atoms with E-state index in [1.165, 1.54) is 38.6 Å². The van der Waals surface area contributed by atoms with Gasteiger partial charge >= 0.3 is 5.97 Å². The Balaban J connectivity index is 0.00000208. The Bertz CT molecular complexity index is 538. The maximum atomic E-state index is 12.3. The Morgan fingerprint density at radius 1 is 1.08 bits per heavy atom. The van der Waals surface area contributed by atoms with Crippen molar-refractivity contribution in [2.24, 2.45) is 0 Å². The van der Waals surface area contributed by atoms with E-state index in [-0.39, 0.29) is 24.0 Å². The number of hydrogen-bond acceptors (Lipinski definition) is 3. The van der Waals surface area contributed by atoms with Gasteiger partial charge in [0, 0.05) is 32.4 Å². The molecule has 0 bridgehead atoms. The van der Waals surface area contributed by atoms with Crippen LogP contribution in [0, 0.1) is 0 Å². The van der Waals surface area contributed by atoms with E-state index < -0.39 is 0 Å². The number of benzene rings is 1. The summed E-state index contributed by atoms with van der Waals surface area (Å²) >= 11 is 0. The second-order valence-corrected chi connectivity index (χ2v) is 7.16. The Morgan fingerprint density at radius 2 is 1.79 bits per heavy atom. The van der Waals surface area contributed by atoms with Crippen LogP contribution in [-0.2, 0) is 11.2 Å². The zero-order chi connectivity index (χ0) is 16.1. The minimum Gasteiger partial charge on any atom is -0.455 e. The number of carbonyl (C=O) groups is 1. The maximum Gasteiger partial charge on any atom is 0.338 e. The maximum absolute atomic E-state index is 12.3. The van der Waals surface area contributed by atoms with Crippen LogP contribution in [0.25, 0.3) is 0 Å². The van der Waals surface area contributed by atoms with E-state index in [9.17, 15) is 4.79 Å². The van der Waals surface area contributed by atoms with Crippen LogP contribution < -0.4 is 0 Å². The fourth-order valence-electron chi connectivity index (χ4n) is 3.91. The van der Waals surface area contributed by atoms with Crippen LogP contribution >= 0.6 is 12.4 Å². The summed E-state index contributed by atoms with van der Waals surface area (Å²) < 4.78 is 5.88. The third-order valence-electron chi connectivity index (χ3n) is 5.40. The fourth-order valence-corrected chi connectivity index (χ4v) is 3.91. The molecule has 24 heavy (non-hydrogen) atoms. The van der Waals surface area contributed by atoms with Crippen LogP contribution in [-0.4, -0.2) is 36.1 Å². The summed E-state index contributed by atoms with van der Waals surface area (Å²) in [6, 6.07) is 7.91. The first kappa shape index (κ1) is 19.3. The van der Waals surface area contributed by atoms with E-state index in [4.69, 9.17) is 4.74 Å². The van der Waals surface area contributed by atoms with Gasteiger partial charge in [0.25, 0.3) is 0 Å². The molecule has 3 nitrogen and oxygen atoms in total. The van der Waals surface area contributed by atoms with Crippen LogP contribution in [0.4, 0.5) is 0 Å². The Kier molecular flexibility index (Phi) is 7.12. The number of likely N-dealkylation sites (tertiary alicyclic amines) is 1. The molecule has 2 aliphatic rings.